The number of hydrogen-bond acceptors (Lipinski definition) is 4. The molecular weight excluding hydrogens is 289 g/mol. The Labute approximate surface area is 136 Å². The van der Waals surface area contributed by atoms with Crippen molar-refractivity contribution in [1.29, 1.82) is 0 Å². The highest BCUT2D eigenvalue weighted by atomic mass is 16.5. The second-order valence-electron chi connectivity index (χ2n) is 5.09. The summed E-state index contributed by atoms with van der Waals surface area (Å²) in [6, 6.07) is 13.6. The lowest BCUT2D eigenvalue weighted by Crippen LogP contribution is -2.00. The van der Waals surface area contributed by atoms with Crippen molar-refractivity contribution in [2.24, 2.45) is 0 Å². The van der Waals surface area contributed by atoms with Gasteiger partial charge in [-0.2, -0.15) is 5.10 Å². The molecule has 0 bridgehead atoms. The Bertz CT molecular complexity index is 754. The van der Waals surface area contributed by atoms with Crippen LogP contribution in [0.15, 0.2) is 54.9 Å². The van der Waals surface area contributed by atoms with Crippen LogP contribution in [0.2, 0.25) is 0 Å². The first-order valence-corrected chi connectivity index (χ1v) is 7.55. The van der Waals surface area contributed by atoms with Gasteiger partial charge in [0.2, 0.25) is 0 Å². The minimum absolute atomic E-state index is 0.493. The van der Waals surface area contributed by atoms with E-state index in [4.69, 9.17) is 9.47 Å². The minimum Gasteiger partial charge on any atom is -0.497 e. The Balaban J connectivity index is 1.62. The van der Waals surface area contributed by atoms with Gasteiger partial charge in [-0.25, -0.2) is 9.67 Å². The summed E-state index contributed by atoms with van der Waals surface area (Å²) in [5.41, 5.74) is 2.13. The lowest BCUT2D eigenvalue weighted by molar-refractivity contribution is 0.304. The van der Waals surface area contributed by atoms with E-state index in [2.05, 4.69) is 17.9 Å². The van der Waals surface area contributed by atoms with Crippen molar-refractivity contribution in [3.05, 3.63) is 66.1 Å². The van der Waals surface area contributed by atoms with E-state index in [0.717, 1.165) is 34.9 Å². The van der Waals surface area contributed by atoms with Crippen LogP contribution in [0.1, 0.15) is 11.3 Å². The van der Waals surface area contributed by atoms with Crippen LogP contribution in [0.4, 0.5) is 0 Å². The van der Waals surface area contributed by atoms with Gasteiger partial charge in [-0.05, 0) is 42.2 Å². The quantitative estimate of drug-likeness (QED) is 0.654. The van der Waals surface area contributed by atoms with E-state index in [-0.39, 0.29) is 0 Å². The lowest BCUT2D eigenvalue weighted by atomic mass is 10.0. The number of ether oxygens (including phenoxy) is 2. The fraction of sp³-hybridized carbons (Fsp3) is 0.176. The van der Waals surface area contributed by atoms with Gasteiger partial charge in [0, 0.05) is 6.20 Å². The molecular formula is C17H18BN3O2. The molecule has 23 heavy (non-hydrogen) atoms. The molecule has 116 valence electrons. The fourth-order valence-corrected chi connectivity index (χ4v) is 2.16. The molecule has 0 radical (unpaired) electrons. The molecule has 6 heteroatoms. The zero-order chi connectivity index (χ0) is 16.1. The second kappa shape index (κ2) is 7.00. The van der Waals surface area contributed by atoms with Crippen LogP contribution >= 0.6 is 0 Å². The van der Waals surface area contributed by atoms with Gasteiger partial charge in [-0.1, -0.05) is 12.1 Å². The van der Waals surface area contributed by atoms with E-state index in [9.17, 15) is 0 Å². The highest BCUT2D eigenvalue weighted by Gasteiger charge is 2.02. The maximum Gasteiger partial charge on any atom is 0.153 e. The van der Waals surface area contributed by atoms with Gasteiger partial charge in [0.05, 0.1) is 19.0 Å². The number of rotatable bonds is 6. The summed E-state index contributed by atoms with van der Waals surface area (Å²) < 4.78 is 12.7. The van der Waals surface area contributed by atoms with Crippen molar-refractivity contribution in [2.75, 3.05) is 7.11 Å². The maximum absolute atomic E-state index is 5.75. The van der Waals surface area contributed by atoms with E-state index in [1.54, 1.807) is 18.0 Å². The monoisotopic (exact) mass is 307 g/mol. The molecule has 0 saturated carbocycles. The highest BCUT2D eigenvalue weighted by molar-refractivity contribution is 6.08. The van der Waals surface area contributed by atoms with Crippen LogP contribution in [0.3, 0.4) is 0 Å². The average Bonchev–Trinajstić information content (AvgIpc) is 3.10. The molecule has 2 aromatic heterocycles. The fourth-order valence-electron chi connectivity index (χ4n) is 2.16. The summed E-state index contributed by atoms with van der Waals surface area (Å²) in [6.45, 7) is 0.493. The predicted molar refractivity (Wildman–Crippen MR) is 90.9 cm³/mol. The molecule has 2 heterocycles. The lowest BCUT2D eigenvalue weighted by Gasteiger charge is -2.07. The van der Waals surface area contributed by atoms with E-state index >= 15 is 0 Å². The van der Waals surface area contributed by atoms with Crippen LogP contribution in [0, 0.1) is 0 Å². The zero-order valence-corrected chi connectivity index (χ0v) is 13.3. The van der Waals surface area contributed by atoms with Crippen molar-refractivity contribution in [1.82, 2.24) is 14.8 Å². The van der Waals surface area contributed by atoms with Crippen LogP contribution in [0.5, 0.6) is 11.5 Å². The van der Waals surface area contributed by atoms with E-state index in [1.807, 2.05) is 48.7 Å². The third-order valence-corrected chi connectivity index (χ3v) is 3.53. The average molecular weight is 307 g/mol. The number of aromatic nitrogens is 3. The number of methoxy groups -OCH3 is 1. The third kappa shape index (κ3) is 3.72. The molecule has 5 nitrogen and oxygen atoms in total. The van der Waals surface area contributed by atoms with Gasteiger partial charge in [0.25, 0.3) is 0 Å². The minimum atomic E-state index is 0.493. The Kier molecular flexibility index (Phi) is 4.61. The molecule has 0 aliphatic heterocycles. The maximum atomic E-state index is 5.75. The Morgan fingerprint density at radius 1 is 1.04 bits per heavy atom. The Hall–Kier alpha value is -2.76. The van der Waals surface area contributed by atoms with Crippen LogP contribution in [-0.4, -0.2) is 29.7 Å². The number of benzene rings is 1. The molecule has 0 spiro atoms. The highest BCUT2D eigenvalue weighted by Crippen LogP contribution is 2.16. The standard InChI is InChI=1S/C17H18BN3O2/c1-22-15-4-2-13(3-5-15)12-23-16-6-7-17(19-11-16)21-9-8-14(10-18)20-21/h2-9,11H,10,12,18H2,1H3. The molecule has 0 saturated heterocycles. The molecule has 0 aliphatic carbocycles. The van der Waals surface area contributed by atoms with Gasteiger partial charge in [-0.3, -0.25) is 0 Å². The first kappa shape index (κ1) is 15.2. The largest absolute Gasteiger partial charge is 0.497 e. The van der Waals surface area contributed by atoms with Gasteiger partial charge >= 0.3 is 0 Å². The van der Waals surface area contributed by atoms with Crippen LogP contribution < -0.4 is 9.47 Å². The van der Waals surface area contributed by atoms with Crippen LogP contribution in [0.25, 0.3) is 5.82 Å². The summed E-state index contributed by atoms with van der Waals surface area (Å²) in [5, 5.41) is 4.44. The first-order chi connectivity index (χ1) is 11.3. The normalized spacial score (nSPS) is 10.5. The molecule has 0 aliphatic rings. The van der Waals surface area contributed by atoms with Gasteiger partial charge < -0.3 is 9.47 Å². The molecule has 0 N–H and O–H groups in total. The summed E-state index contributed by atoms with van der Waals surface area (Å²) in [5.74, 6) is 2.35. The molecule has 0 unspecified atom stereocenters. The van der Waals surface area contributed by atoms with Gasteiger partial charge in [0.15, 0.2) is 5.82 Å². The van der Waals surface area contributed by atoms with Crippen molar-refractivity contribution in [3.63, 3.8) is 0 Å². The second-order valence-corrected chi connectivity index (χ2v) is 5.09. The first-order valence-electron chi connectivity index (χ1n) is 7.55. The van der Waals surface area contributed by atoms with Crippen molar-refractivity contribution in [3.8, 4) is 17.3 Å². The number of hydrogen-bond donors (Lipinski definition) is 0. The Morgan fingerprint density at radius 3 is 2.43 bits per heavy atom. The van der Waals surface area contributed by atoms with E-state index < -0.39 is 0 Å². The van der Waals surface area contributed by atoms with Gasteiger partial charge in [-0.15, -0.1) is 0 Å². The third-order valence-electron chi connectivity index (χ3n) is 3.53. The molecule has 0 fully saturated rings. The summed E-state index contributed by atoms with van der Waals surface area (Å²) in [7, 11) is 3.73. The SMILES string of the molecule is BCc1ccn(-c2ccc(OCc3ccc(OC)cc3)cn2)n1. The molecule has 3 rings (SSSR count). The number of nitrogens with zero attached hydrogens (tertiary/aromatic N) is 3. The zero-order valence-electron chi connectivity index (χ0n) is 13.3. The summed E-state index contributed by atoms with van der Waals surface area (Å²) >= 11 is 0. The van der Waals surface area contributed by atoms with Crippen LogP contribution in [-0.2, 0) is 12.9 Å². The van der Waals surface area contributed by atoms with Crippen molar-refractivity contribution < 1.29 is 9.47 Å². The molecule has 1 aromatic carbocycles. The molecule has 0 amide bonds. The summed E-state index contributed by atoms with van der Waals surface area (Å²) in [4.78, 5) is 4.39. The van der Waals surface area contributed by atoms with Gasteiger partial charge in [0.1, 0.15) is 26.0 Å². The molecule has 3 aromatic rings. The van der Waals surface area contributed by atoms with E-state index in [1.165, 1.54) is 0 Å². The van der Waals surface area contributed by atoms with E-state index in [0.29, 0.717) is 6.61 Å². The van der Waals surface area contributed by atoms with Crippen molar-refractivity contribution >= 4 is 7.85 Å². The van der Waals surface area contributed by atoms with Crippen molar-refractivity contribution in [2.45, 2.75) is 12.9 Å². The summed E-state index contributed by atoms with van der Waals surface area (Å²) in [6.07, 6.45) is 4.54. The Morgan fingerprint density at radius 2 is 1.83 bits per heavy atom. The topological polar surface area (TPSA) is 49.2 Å². The number of pyridine rings is 1. The smallest absolute Gasteiger partial charge is 0.153 e. The molecule has 0 atom stereocenters. The predicted octanol–water partition coefficient (Wildman–Crippen LogP) is 1.99.